The second kappa shape index (κ2) is 7.12. The van der Waals surface area contributed by atoms with Crippen molar-refractivity contribution in [3.05, 3.63) is 57.9 Å². The number of aromatic nitrogens is 2. The summed E-state index contributed by atoms with van der Waals surface area (Å²) >= 11 is 0. The van der Waals surface area contributed by atoms with Crippen LogP contribution in [0.3, 0.4) is 0 Å². The second-order valence-corrected chi connectivity index (χ2v) is 5.97. The Morgan fingerprint density at radius 1 is 1.40 bits per heavy atom. The largest absolute Gasteiger partial charge is 0.478 e. The molecule has 1 aromatic heterocycles. The predicted molar refractivity (Wildman–Crippen MR) is 88.3 cm³/mol. The Morgan fingerprint density at radius 3 is 2.72 bits per heavy atom. The standard InChI is InChI=1S/C16H18N4O5/c1-16(2,19-10-13(9-18-19)20(24)25)15(23)17-7-6-11-4-3-5-12(8-11)14(21)22/h3-5,8-10H,6-7H2,1-2H3,(H,17,23)(H,21,22). The van der Waals surface area contributed by atoms with Gasteiger partial charge in [0.05, 0.1) is 10.5 Å². The molecule has 0 radical (unpaired) electrons. The molecule has 2 aromatic rings. The number of carbonyl (C=O) groups is 2. The Balaban J connectivity index is 1.97. The Morgan fingerprint density at radius 2 is 2.12 bits per heavy atom. The molecule has 0 bridgehead atoms. The summed E-state index contributed by atoms with van der Waals surface area (Å²) in [7, 11) is 0. The molecule has 0 aliphatic heterocycles. The number of hydrogen-bond donors (Lipinski definition) is 2. The lowest BCUT2D eigenvalue weighted by Gasteiger charge is -2.23. The van der Waals surface area contributed by atoms with Crippen LogP contribution in [0.4, 0.5) is 5.69 Å². The van der Waals surface area contributed by atoms with E-state index in [1.165, 1.54) is 16.9 Å². The van der Waals surface area contributed by atoms with Crippen molar-refractivity contribution in [1.29, 1.82) is 0 Å². The van der Waals surface area contributed by atoms with Crippen LogP contribution in [0.1, 0.15) is 29.8 Å². The zero-order valence-electron chi connectivity index (χ0n) is 13.8. The van der Waals surface area contributed by atoms with Gasteiger partial charge in [-0.25, -0.2) is 4.79 Å². The highest BCUT2D eigenvalue weighted by Gasteiger charge is 2.31. The molecule has 0 fully saturated rings. The molecule has 132 valence electrons. The van der Waals surface area contributed by atoms with E-state index in [2.05, 4.69) is 10.4 Å². The van der Waals surface area contributed by atoms with Crippen LogP contribution in [0.2, 0.25) is 0 Å². The summed E-state index contributed by atoms with van der Waals surface area (Å²) < 4.78 is 1.24. The van der Waals surface area contributed by atoms with Gasteiger partial charge < -0.3 is 10.4 Å². The number of nitro groups is 1. The fourth-order valence-electron chi connectivity index (χ4n) is 2.21. The number of carboxylic acids is 1. The Bertz CT molecular complexity index is 812. The van der Waals surface area contributed by atoms with Gasteiger partial charge in [-0.05, 0) is 38.0 Å². The molecular formula is C16H18N4O5. The molecule has 0 aliphatic rings. The third kappa shape index (κ3) is 4.19. The number of carboxylic acid groups (broad SMARTS) is 1. The average molecular weight is 346 g/mol. The third-order valence-electron chi connectivity index (χ3n) is 3.78. The van der Waals surface area contributed by atoms with Gasteiger partial charge in [0.15, 0.2) is 0 Å². The lowest BCUT2D eigenvalue weighted by atomic mass is 10.0. The van der Waals surface area contributed by atoms with Gasteiger partial charge in [-0.2, -0.15) is 5.10 Å². The van der Waals surface area contributed by atoms with Crippen molar-refractivity contribution in [3.63, 3.8) is 0 Å². The molecule has 0 unspecified atom stereocenters. The molecule has 1 heterocycles. The molecule has 1 aromatic carbocycles. The first-order valence-corrected chi connectivity index (χ1v) is 7.52. The summed E-state index contributed by atoms with van der Waals surface area (Å²) in [4.78, 5) is 33.5. The van der Waals surface area contributed by atoms with Gasteiger partial charge >= 0.3 is 11.7 Å². The smallest absolute Gasteiger partial charge is 0.335 e. The zero-order chi connectivity index (χ0) is 18.6. The highest BCUT2D eigenvalue weighted by molar-refractivity contribution is 5.87. The summed E-state index contributed by atoms with van der Waals surface area (Å²) in [5, 5.41) is 26.3. The van der Waals surface area contributed by atoms with E-state index in [1.54, 1.807) is 32.0 Å². The molecule has 25 heavy (non-hydrogen) atoms. The van der Waals surface area contributed by atoms with Gasteiger partial charge in [-0.15, -0.1) is 0 Å². The Labute approximate surface area is 143 Å². The first kappa shape index (κ1) is 18.1. The molecule has 0 spiro atoms. The highest BCUT2D eigenvalue weighted by Crippen LogP contribution is 2.18. The molecule has 0 saturated carbocycles. The monoisotopic (exact) mass is 346 g/mol. The van der Waals surface area contributed by atoms with Crippen molar-refractivity contribution in [2.45, 2.75) is 25.8 Å². The van der Waals surface area contributed by atoms with E-state index < -0.39 is 16.4 Å². The van der Waals surface area contributed by atoms with Gasteiger partial charge in [0, 0.05) is 6.54 Å². The van der Waals surface area contributed by atoms with E-state index in [-0.39, 0.29) is 17.2 Å². The Kier molecular flexibility index (Phi) is 5.16. The van der Waals surface area contributed by atoms with E-state index in [9.17, 15) is 19.7 Å². The number of nitrogens with zero attached hydrogens (tertiary/aromatic N) is 3. The van der Waals surface area contributed by atoms with Gasteiger partial charge in [0.2, 0.25) is 5.91 Å². The van der Waals surface area contributed by atoms with Crippen molar-refractivity contribution in [2.75, 3.05) is 6.54 Å². The van der Waals surface area contributed by atoms with Crippen molar-refractivity contribution in [1.82, 2.24) is 15.1 Å². The van der Waals surface area contributed by atoms with E-state index in [0.717, 1.165) is 11.8 Å². The predicted octanol–water partition coefficient (Wildman–Crippen LogP) is 1.58. The fraction of sp³-hybridized carbons (Fsp3) is 0.312. The topological polar surface area (TPSA) is 127 Å². The summed E-state index contributed by atoms with van der Waals surface area (Å²) in [6, 6.07) is 6.47. The first-order chi connectivity index (χ1) is 11.7. The number of benzene rings is 1. The quantitative estimate of drug-likeness (QED) is 0.579. The van der Waals surface area contributed by atoms with E-state index in [4.69, 9.17) is 5.11 Å². The molecule has 1 amide bonds. The summed E-state index contributed by atoms with van der Waals surface area (Å²) in [5.74, 6) is -1.35. The molecule has 0 aliphatic carbocycles. The lowest BCUT2D eigenvalue weighted by molar-refractivity contribution is -0.385. The number of amides is 1. The van der Waals surface area contributed by atoms with Crippen molar-refractivity contribution < 1.29 is 19.6 Å². The number of rotatable bonds is 7. The van der Waals surface area contributed by atoms with Crippen LogP contribution in [0.15, 0.2) is 36.7 Å². The van der Waals surface area contributed by atoms with Crippen LogP contribution in [-0.4, -0.2) is 38.2 Å². The number of hydrogen-bond acceptors (Lipinski definition) is 5. The minimum Gasteiger partial charge on any atom is -0.478 e. The Hall–Kier alpha value is -3.23. The zero-order valence-corrected chi connectivity index (χ0v) is 13.8. The van der Waals surface area contributed by atoms with E-state index in [0.29, 0.717) is 13.0 Å². The maximum absolute atomic E-state index is 12.4. The molecule has 2 rings (SSSR count). The molecule has 2 N–H and O–H groups in total. The number of nitrogens with one attached hydrogen (secondary N) is 1. The van der Waals surface area contributed by atoms with Gasteiger partial charge in [0.1, 0.15) is 17.9 Å². The highest BCUT2D eigenvalue weighted by atomic mass is 16.6. The molecule has 0 atom stereocenters. The van der Waals surface area contributed by atoms with Crippen molar-refractivity contribution in [3.8, 4) is 0 Å². The molecule has 9 heteroatoms. The van der Waals surface area contributed by atoms with Crippen molar-refractivity contribution in [2.24, 2.45) is 0 Å². The van der Waals surface area contributed by atoms with Gasteiger partial charge in [-0.1, -0.05) is 12.1 Å². The normalized spacial score (nSPS) is 11.1. The van der Waals surface area contributed by atoms with Crippen LogP contribution >= 0.6 is 0 Å². The van der Waals surface area contributed by atoms with E-state index in [1.807, 2.05) is 0 Å². The minimum atomic E-state index is -1.10. The SMILES string of the molecule is CC(C)(C(=O)NCCc1cccc(C(=O)O)c1)n1cc([N+](=O)[O-])cn1. The molecular weight excluding hydrogens is 328 g/mol. The van der Waals surface area contributed by atoms with Gasteiger partial charge in [0.25, 0.3) is 0 Å². The van der Waals surface area contributed by atoms with Crippen LogP contribution in [0, 0.1) is 10.1 Å². The van der Waals surface area contributed by atoms with Crippen LogP contribution in [0.5, 0.6) is 0 Å². The van der Waals surface area contributed by atoms with Crippen LogP contribution in [0.25, 0.3) is 0 Å². The maximum atomic E-state index is 12.4. The van der Waals surface area contributed by atoms with Crippen LogP contribution < -0.4 is 5.32 Å². The number of carbonyl (C=O) groups excluding carboxylic acids is 1. The second-order valence-electron chi connectivity index (χ2n) is 5.97. The lowest BCUT2D eigenvalue weighted by Crippen LogP contribution is -2.45. The van der Waals surface area contributed by atoms with Crippen molar-refractivity contribution >= 4 is 17.6 Å². The minimum absolute atomic E-state index is 0.188. The average Bonchev–Trinajstić information content (AvgIpc) is 3.06. The van der Waals surface area contributed by atoms with Gasteiger partial charge in [-0.3, -0.25) is 19.6 Å². The summed E-state index contributed by atoms with van der Waals surface area (Å²) in [5.41, 5.74) is -0.316. The molecule has 0 saturated heterocycles. The van der Waals surface area contributed by atoms with E-state index >= 15 is 0 Å². The maximum Gasteiger partial charge on any atom is 0.335 e. The summed E-state index contributed by atoms with van der Waals surface area (Å²) in [6.07, 6.45) is 2.75. The van der Waals surface area contributed by atoms with Crippen LogP contribution in [-0.2, 0) is 16.8 Å². The fourth-order valence-corrected chi connectivity index (χ4v) is 2.21. The number of aromatic carboxylic acids is 1. The molecule has 9 nitrogen and oxygen atoms in total. The third-order valence-corrected chi connectivity index (χ3v) is 3.78. The summed E-state index contributed by atoms with van der Waals surface area (Å²) in [6.45, 7) is 3.50. The first-order valence-electron chi connectivity index (χ1n) is 7.52.